The summed E-state index contributed by atoms with van der Waals surface area (Å²) in [5, 5.41) is 9.59. The highest BCUT2D eigenvalue weighted by atomic mass is 31.2. The minimum absolute atomic E-state index is 0.0553. The summed E-state index contributed by atoms with van der Waals surface area (Å²) in [6.07, 6.45) is 1.82. The number of hydrogen-bond donors (Lipinski definition) is 2. The molecule has 1 unspecified atom stereocenters. The fraction of sp³-hybridized carbons (Fsp3) is 0.929. The summed E-state index contributed by atoms with van der Waals surface area (Å²) >= 11 is 0. The van der Waals surface area contributed by atoms with Gasteiger partial charge in [0.05, 0.1) is 27.7 Å². The maximum Gasteiger partial charge on any atom is 0.472 e. The van der Waals surface area contributed by atoms with Crippen molar-refractivity contribution in [2.45, 2.75) is 38.7 Å². The van der Waals surface area contributed by atoms with E-state index in [0.717, 1.165) is 19.3 Å². The normalized spacial score (nSPS) is 15.9. The molecule has 0 amide bonds. The van der Waals surface area contributed by atoms with Gasteiger partial charge in [0.2, 0.25) is 0 Å². The van der Waals surface area contributed by atoms with Gasteiger partial charge in [0.25, 0.3) is 0 Å². The van der Waals surface area contributed by atoms with Gasteiger partial charge >= 0.3 is 13.8 Å². The molecule has 0 saturated heterocycles. The van der Waals surface area contributed by atoms with Crippen LogP contribution in [-0.4, -0.2) is 74.1 Å². The largest absolute Gasteiger partial charge is 0.472 e. The topological polar surface area (TPSA) is 102 Å². The second-order valence-electron chi connectivity index (χ2n) is 6.41. The van der Waals surface area contributed by atoms with Gasteiger partial charge in [-0.25, -0.2) is 4.57 Å². The van der Waals surface area contributed by atoms with Gasteiger partial charge in [-0.2, -0.15) is 0 Å². The molecule has 0 bridgehead atoms. The Morgan fingerprint density at radius 2 is 1.83 bits per heavy atom. The van der Waals surface area contributed by atoms with Crippen LogP contribution in [0.15, 0.2) is 0 Å². The molecule has 0 aliphatic carbocycles. The molecule has 8 nitrogen and oxygen atoms in total. The molecule has 0 aromatic carbocycles. The van der Waals surface area contributed by atoms with Gasteiger partial charge in [-0.1, -0.05) is 19.8 Å². The lowest BCUT2D eigenvalue weighted by molar-refractivity contribution is -0.870. The maximum absolute atomic E-state index is 11.6. The predicted molar refractivity (Wildman–Crippen MR) is 85.7 cm³/mol. The summed E-state index contributed by atoms with van der Waals surface area (Å²) < 4.78 is 26.5. The number of hydrogen-bond acceptors (Lipinski definition) is 6. The first kappa shape index (κ1) is 22.5. The van der Waals surface area contributed by atoms with Gasteiger partial charge in [0.15, 0.2) is 0 Å². The monoisotopic (exact) mass is 356 g/mol. The number of nitrogens with zero attached hydrogens (tertiary/aromatic N) is 1. The van der Waals surface area contributed by atoms with Crippen LogP contribution in [0, 0.1) is 0 Å². The number of carbonyl (C=O) groups is 1. The molecular formula is C14H31NO7P+. The molecular weight excluding hydrogens is 325 g/mol. The number of phosphoric ester groups is 1. The third-order valence-electron chi connectivity index (χ3n) is 2.87. The van der Waals surface area contributed by atoms with Gasteiger partial charge in [0, 0.05) is 6.42 Å². The lowest BCUT2D eigenvalue weighted by atomic mass is 10.2. The number of aliphatic hydroxyl groups is 1. The molecule has 0 rings (SSSR count). The van der Waals surface area contributed by atoms with Crippen molar-refractivity contribution in [2.75, 3.05) is 47.5 Å². The Morgan fingerprint density at radius 3 is 2.39 bits per heavy atom. The Kier molecular flexibility index (Phi) is 10.9. The van der Waals surface area contributed by atoms with E-state index in [0.29, 0.717) is 17.4 Å². The lowest BCUT2D eigenvalue weighted by Gasteiger charge is -2.24. The molecule has 2 atom stereocenters. The molecule has 0 saturated carbocycles. The van der Waals surface area contributed by atoms with E-state index in [2.05, 4.69) is 4.52 Å². The van der Waals surface area contributed by atoms with Gasteiger partial charge < -0.3 is 19.2 Å². The van der Waals surface area contributed by atoms with E-state index in [9.17, 15) is 19.4 Å². The molecule has 0 aromatic heterocycles. The van der Waals surface area contributed by atoms with Crippen molar-refractivity contribution >= 4 is 13.8 Å². The quantitative estimate of drug-likeness (QED) is 0.222. The zero-order valence-electron chi connectivity index (χ0n) is 14.6. The van der Waals surface area contributed by atoms with Crippen LogP contribution in [0.3, 0.4) is 0 Å². The molecule has 0 fully saturated rings. The minimum atomic E-state index is -4.21. The molecule has 0 aliphatic heterocycles. The Labute approximate surface area is 138 Å². The fourth-order valence-corrected chi connectivity index (χ4v) is 2.22. The van der Waals surface area contributed by atoms with Crippen LogP contribution < -0.4 is 0 Å². The molecule has 0 aliphatic rings. The second-order valence-corrected chi connectivity index (χ2v) is 7.86. The van der Waals surface area contributed by atoms with E-state index in [4.69, 9.17) is 9.26 Å². The van der Waals surface area contributed by atoms with Crippen LogP contribution in [0.2, 0.25) is 0 Å². The van der Waals surface area contributed by atoms with E-state index in [-0.39, 0.29) is 13.2 Å². The van der Waals surface area contributed by atoms with Gasteiger partial charge in [-0.05, 0) is 6.42 Å². The molecule has 0 spiro atoms. The molecule has 2 N–H and O–H groups in total. The average molecular weight is 356 g/mol. The number of unbranched alkanes of at least 4 members (excludes halogenated alkanes) is 2. The summed E-state index contributed by atoms with van der Waals surface area (Å²) in [5.41, 5.74) is 0. The van der Waals surface area contributed by atoms with Crippen molar-refractivity contribution in [1.82, 2.24) is 0 Å². The van der Waals surface area contributed by atoms with Crippen LogP contribution in [0.25, 0.3) is 0 Å². The molecule has 9 heteroatoms. The molecule has 0 radical (unpaired) electrons. The summed E-state index contributed by atoms with van der Waals surface area (Å²) in [4.78, 5) is 20.8. The van der Waals surface area contributed by atoms with Crippen molar-refractivity contribution in [3.05, 3.63) is 0 Å². The van der Waals surface area contributed by atoms with Gasteiger partial charge in [0.1, 0.15) is 25.9 Å². The maximum atomic E-state index is 11.6. The van der Waals surface area contributed by atoms with Crippen molar-refractivity contribution in [3.8, 4) is 0 Å². The first-order chi connectivity index (χ1) is 10.6. The summed E-state index contributed by atoms with van der Waals surface area (Å²) in [6.45, 7) is 1.90. The van der Waals surface area contributed by atoms with E-state index in [1.165, 1.54) is 0 Å². The summed E-state index contributed by atoms with van der Waals surface area (Å²) in [5.74, 6) is -0.399. The zero-order valence-corrected chi connectivity index (χ0v) is 15.5. The number of ether oxygens (including phenoxy) is 1. The highest BCUT2D eigenvalue weighted by Gasteiger charge is 2.24. The van der Waals surface area contributed by atoms with Crippen LogP contribution in [-0.2, 0) is 23.1 Å². The molecule has 0 heterocycles. The number of rotatable bonds is 13. The van der Waals surface area contributed by atoms with Crippen molar-refractivity contribution in [1.29, 1.82) is 0 Å². The number of quaternary nitrogens is 1. The first-order valence-electron chi connectivity index (χ1n) is 7.82. The SMILES string of the molecule is CCCCCC(=O)OC[C@H](O)COP(=O)(O)OCC[N+](C)(C)C. The van der Waals surface area contributed by atoms with E-state index in [1.807, 2.05) is 28.1 Å². The van der Waals surface area contributed by atoms with E-state index in [1.54, 1.807) is 0 Å². The Hall–Kier alpha value is -0.500. The van der Waals surface area contributed by atoms with Crippen LogP contribution in [0.4, 0.5) is 0 Å². The standard InChI is InChI=1S/C14H30NO7P/c1-5-6-7-8-14(17)20-11-13(16)12-22-23(18,19)21-10-9-15(2,3)4/h13,16H,5-12H2,1-4H3/p+1/t13-/m0/s1. The number of phosphoric acid groups is 1. The van der Waals surface area contributed by atoms with E-state index >= 15 is 0 Å². The number of aliphatic hydroxyl groups excluding tert-OH is 1. The van der Waals surface area contributed by atoms with Crippen LogP contribution >= 0.6 is 7.82 Å². The predicted octanol–water partition coefficient (Wildman–Crippen LogP) is 1.31. The van der Waals surface area contributed by atoms with Crippen molar-refractivity contribution in [2.24, 2.45) is 0 Å². The zero-order chi connectivity index (χ0) is 17.9. The minimum Gasteiger partial charge on any atom is -0.463 e. The van der Waals surface area contributed by atoms with Gasteiger partial charge in [-0.15, -0.1) is 0 Å². The lowest BCUT2D eigenvalue weighted by Crippen LogP contribution is -2.37. The third-order valence-corrected chi connectivity index (χ3v) is 3.85. The number of carbonyl (C=O) groups excluding carboxylic acids is 1. The smallest absolute Gasteiger partial charge is 0.463 e. The number of esters is 1. The van der Waals surface area contributed by atoms with Crippen LogP contribution in [0.1, 0.15) is 32.6 Å². The highest BCUT2D eigenvalue weighted by Crippen LogP contribution is 2.43. The third kappa shape index (κ3) is 14.8. The van der Waals surface area contributed by atoms with E-state index < -0.39 is 26.5 Å². The fourth-order valence-electron chi connectivity index (χ4n) is 1.48. The van der Waals surface area contributed by atoms with Crippen molar-refractivity contribution in [3.63, 3.8) is 0 Å². The Bertz CT molecular complexity index is 384. The Balaban J connectivity index is 3.87. The van der Waals surface area contributed by atoms with Crippen molar-refractivity contribution < 1.29 is 37.6 Å². The summed E-state index contributed by atoms with van der Waals surface area (Å²) in [7, 11) is 1.55. The van der Waals surface area contributed by atoms with Crippen LogP contribution in [0.5, 0.6) is 0 Å². The first-order valence-corrected chi connectivity index (χ1v) is 9.31. The Morgan fingerprint density at radius 1 is 1.17 bits per heavy atom. The number of likely N-dealkylation sites (N-methyl/N-ethyl adjacent to an activating group) is 1. The van der Waals surface area contributed by atoms with Gasteiger partial charge in [-0.3, -0.25) is 13.8 Å². The summed E-state index contributed by atoms with van der Waals surface area (Å²) in [6, 6.07) is 0. The molecule has 0 aromatic rings. The molecule has 138 valence electrons. The average Bonchev–Trinajstić information content (AvgIpc) is 2.41. The second kappa shape index (κ2) is 11.1. The molecule has 23 heavy (non-hydrogen) atoms. The highest BCUT2D eigenvalue weighted by molar-refractivity contribution is 7.47.